The minimum absolute atomic E-state index is 0. The fraction of sp³-hybridized carbons (Fsp3) is 0.611. The van der Waals surface area contributed by atoms with Gasteiger partial charge in [-0.05, 0) is 37.1 Å². The van der Waals surface area contributed by atoms with E-state index in [9.17, 15) is 4.79 Å². The van der Waals surface area contributed by atoms with Crippen LogP contribution in [0.3, 0.4) is 0 Å². The van der Waals surface area contributed by atoms with Gasteiger partial charge in [0.05, 0.1) is 14.2 Å². The third-order valence-corrected chi connectivity index (χ3v) is 4.27. The highest BCUT2D eigenvalue weighted by atomic mass is 35.5. The maximum Gasteiger partial charge on any atom is 0.220 e. The lowest BCUT2D eigenvalue weighted by molar-refractivity contribution is -0.121. The summed E-state index contributed by atoms with van der Waals surface area (Å²) in [4.78, 5) is 14.4. The molecule has 1 amide bonds. The van der Waals surface area contributed by atoms with E-state index >= 15 is 0 Å². The lowest BCUT2D eigenvalue weighted by atomic mass is 10.1. The first-order chi connectivity index (χ1) is 11.7. The summed E-state index contributed by atoms with van der Waals surface area (Å²) >= 11 is 0. The zero-order chi connectivity index (χ0) is 17.2. The van der Waals surface area contributed by atoms with E-state index in [1.807, 2.05) is 18.2 Å². The van der Waals surface area contributed by atoms with Crippen molar-refractivity contribution < 1.29 is 14.3 Å². The summed E-state index contributed by atoms with van der Waals surface area (Å²) in [6.07, 6.45) is 2.19. The van der Waals surface area contributed by atoms with Gasteiger partial charge in [-0.15, -0.1) is 12.4 Å². The zero-order valence-electron chi connectivity index (χ0n) is 15.2. The van der Waals surface area contributed by atoms with Gasteiger partial charge >= 0.3 is 0 Å². The first-order valence-corrected chi connectivity index (χ1v) is 8.63. The molecule has 1 aliphatic heterocycles. The third kappa shape index (κ3) is 7.50. The third-order valence-electron chi connectivity index (χ3n) is 4.27. The molecule has 2 N–H and O–H groups in total. The number of nitrogens with zero attached hydrogens (tertiary/aromatic N) is 1. The van der Waals surface area contributed by atoms with Gasteiger partial charge in [-0.1, -0.05) is 6.07 Å². The molecule has 1 heterocycles. The van der Waals surface area contributed by atoms with Gasteiger partial charge in [0.1, 0.15) is 0 Å². The molecule has 1 aliphatic rings. The maximum atomic E-state index is 12.0. The molecule has 0 aliphatic carbocycles. The van der Waals surface area contributed by atoms with Crippen molar-refractivity contribution in [2.24, 2.45) is 0 Å². The summed E-state index contributed by atoms with van der Waals surface area (Å²) in [5.74, 6) is 1.51. The summed E-state index contributed by atoms with van der Waals surface area (Å²) in [5, 5.41) is 6.35. The highest BCUT2D eigenvalue weighted by Crippen LogP contribution is 2.27. The first-order valence-electron chi connectivity index (χ1n) is 8.63. The summed E-state index contributed by atoms with van der Waals surface area (Å²) < 4.78 is 10.5. The van der Waals surface area contributed by atoms with Crippen molar-refractivity contribution in [1.82, 2.24) is 15.5 Å². The van der Waals surface area contributed by atoms with Crippen LogP contribution in [0.5, 0.6) is 11.5 Å². The van der Waals surface area contributed by atoms with Crippen LogP contribution in [0.2, 0.25) is 0 Å². The number of carbonyl (C=O) groups excluding carboxylic acids is 1. The van der Waals surface area contributed by atoms with Crippen molar-refractivity contribution in [2.45, 2.75) is 19.3 Å². The molecule has 1 fully saturated rings. The average molecular weight is 372 g/mol. The molecular weight excluding hydrogens is 342 g/mol. The molecule has 0 aromatic heterocycles. The number of amides is 1. The van der Waals surface area contributed by atoms with E-state index in [-0.39, 0.29) is 18.3 Å². The lowest BCUT2D eigenvalue weighted by Gasteiger charge is -2.27. The second-order valence-corrected chi connectivity index (χ2v) is 5.98. The van der Waals surface area contributed by atoms with E-state index in [0.29, 0.717) is 24.3 Å². The number of piperazine rings is 1. The molecular formula is C18H30ClN3O3. The highest BCUT2D eigenvalue weighted by Gasteiger charge is 2.09. The number of ether oxygens (including phenoxy) is 2. The molecule has 0 bridgehead atoms. The Morgan fingerprint density at radius 3 is 2.60 bits per heavy atom. The van der Waals surface area contributed by atoms with Crippen LogP contribution in [0, 0.1) is 0 Å². The normalized spacial score (nSPS) is 14.5. The van der Waals surface area contributed by atoms with Crippen molar-refractivity contribution in [3.63, 3.8) is 0 Å². The molecule has 25 heavy (non-hydrogen) atoms. The number of hydrogen-bond donors (Lipinski definition) is 2. The molecule has 0 spiro atoms. The van der Waals surface area contributed by atoms with Gasteiger partial charge in [0.2, 0.25) is 5.91 Å². The zero-order valence-corrected chi connectivity index (χ0v) is 16.0. The number of methoxy groups -OCH3 is 2. The molecule has 142 valence electrons. The number of carbonyl (C=O) groups is 1. The summed E-state index contributed by atoms with van der Waals surface area (Å²) in [5.41, 5.74) is 1.07. The molecule has 1 saturated heterocycles. The van der Waals surface area contributed by atoms with Crippen LogP contribution >= 0.6 is 12.4 Å². The molecule has 0 atom stereocenters. The molecule has 7 heteroatoms. The smallest absolute Gasteiger partial charge is 0.220 e. The standard InChI is InChI=1S/C18H29N3O3.ClH/c1-23-16-6-4-15(14-17(16)24-2)5-7-18(22)20-8-3-11-21-12-9-19-10-13-21;/h4,6,14,19H,3,5,7-13H2,1-2H3,(H,20,22);1H. The van der Waals surface area contributed by atoms with E-state index in [2.05, 4.69) is 15.5 Å². The van der Waals surface area contributed by atoms with Crippen molar-refractivity contribution in [1.29, 1.82) is 0 Å². The van der Waals surface area contributed by atoms with Gasteiger partial charge < -0.3 is 25.0 Å². The SMILES string of the molecule is COc1ccc(CCC(=O)NCCCN2CCNCC2)cc1OC.Cl. The molecule has 0 saturated carbocycles. The number of benzene rings is 1. The molecule has 1 aromatic carbocycles. The van der Waals surface area contributed by atoms with Gasteiger partial charge in [-0.2, -0.15) is 0 Å². The number of nitrogens with one attached hydrogen (secondary N) is 2. The Hall–Kier alpha value is -1.50. The van der Waals surface area contributed by atoms with Crippen LogP contribution in [0.1, 0.15) is 18.4 Å². The largest absolute Gasteiger partial charge is 0.493 e. The summed E-state index contributed by atoms with van der Waals surface area (Å²) in [6.45, 7) is 6.14. The van der Waals surface area contributed by atoms with Gasteiger partial charge in [0, 0.05) is 39.1 Å². The van der Waals surface area contributed by atoms with E-state index in [1.54, 1.807) is 14.2 Å². The quantitative estimate of drug-likeness (QED) is 0.644. The monoisotopic (exact) mass is 371 g/mol. The van der Waals surface area contributed by atoms with Gasteiger partial charge in [0.25, 0.3) is 0 Å². The second kappa shape index (κ2) is 12.0. The second-order valence-electron chi connectivity index (χ2n) is 5.98. The Bertz CT molecular complexity index is 522. The van der Waals surface area contributed by atoms with Crippen LogP contribution in [-0.4, -0.2) is 64.3 Å². The van der Waals surface area contributed by atoms with Crippen LogP contribution in [0.4, 0.5) is 0 Å². The molecule has 0 radical (unpaired) electrons. The molecule has 1 aromatic rings. The first kappa shape index (κ1) is 21.5. The number of halogens is 1. The highest BCUT2D eigenvalue weighted by molar-refractivity contribution is 5.85. The fourth-order valence-electron chi connectivity index (χ4n) is 2.85. The molecule has 2 rings (SSSR count). The van der Waals surface area contributed by atoms with Crippen LogP contribution in [0.15, 0.2) is 18.2 Å². The van der Waals surface area contributed by atoms with Crippen molar-refractivity contribution in [3.05, 3.63) is 23.8 Å². The Kier molecular flexibility index (Phi) is 10.3. The van der Waals surface area contributed by atoms with E-state index in [4.69, 9.17) is 9.47 Å². The lowest BCUT2D eigenvalue weighted by Crippen LogP contribution is -2.44. The molecule has 0 unspecified atom stereocenters. The minimum atomic E-state index is 0. The van der Waals surface area contributed by atoms with E-state index < -0.39 is 0 Å². The van der Waals surface area contributed by atoms with Crippen LogP contribution < -0.4 is 20.1 Å². The minimum Gasteiger partial charge on any atom is -0.493 e. The Morgan fingerprint density at radius 2 is 1.92 bits per heavy atom. The topological polar surface area (TPSA) is 62.8 Å². The Balaban J connectivity index is 0.00000312. The molecule has 6 nitrogen and oxygen atoms in total. The van der Waals surface area contributed by atoms with E-state index in [1.165, 1.54) is 0 Å². The average Bonchev–Trinajstić information content (AvgIpc) is 2.64. The number of aryl methyl sites for hydroxylation is 1. The van der Waals surface area contributed by atoms with E-state index in [0.717, 1.165) is 51.3 Å². The van der Waals surface area contributed by atoms with Crippen molar-refractivity contribution in [3.8, 4) is 11.5 Å². The van der Waals surface area contributed by atoms with Crippen molar-refractivity contribution >= 4 is 18.3 Å². The predicted molar refractivity (Wildman–Crippen MR) is 102 cm³/mol. The summed E-state index contributed by atoms with van der Waals surface area (Å²) in [6, 6.07) is 5.77. The number of rotatable bonds is 9. The van der Waals surface area contributed by atoms with Gasteiger partial charge in [-0.3, -0.25) is 4.79 Å². The van der Waals surface area contributed by atoms with Crippen LogP contribution in [0.25, 0.3) is 0 Å². The summed E-state index contributed by atoms with van der Waals surface area (Å²) in [7, 11) is 3.23. The van der Waals surface area contributed by atoms with Gasteiger partial charge in [0.15, 0.2) is 11.5 Å². The number of hydrogen-bond acceptors (Lipinski definition) is 5. The van der Waals surface area contributed by atoms with Crippen molar-refractivity contribution in [2.75, 3.05) is 53.5 Å². The predicted octanol–water partition coefficient (Wildman–Crippen LogP) is 1.47. The van der Waals surface area contributed by atoms with Crippen LogP contribution in [-0.2, 0) is 11.2 Å². The maximum absolute atomic E-state index is 12.0. The Labute approximate surface area is 156 Å². The van der Waals surface area contributed by atoms with Gasteiger partial charge in [-0.25, -0.2) is 0 Å². The Morgan fingerprint density at radius 1 is 1.20 bits per heavy atom. The fourth-order valence-corrected chi connectivity index (χ4v) is 2.85.